The zero-order valence-electron chi connectivity index (χ0n) is 25.3. The topological polar surface area (TPSA) is 101 Å². The number of rotatable bonds is 9. The van der Waals surface area contributed by atoms with Gasteiger partial charge in [-0.05, 0) is 49.2 Å². The zero-order chi connectivity index (χ0) is 29.9. The number of piperazine rings is 2. The molecule has 0 spiro atoms. The van der Waals surface area contributed by atoms with Crippen molar-refractivity contribution in [2.75, 3.05) is 69.3 Å². The molecule has 3 aliphatic heterocycles. The zero-order valence-corrected chi connectivity index (χ0v) is 24.3. The van der Waals surface area contributed by atoms with Gasteiger partial charge in [0.2, 0.25) is 0 Å². The third-order valence-electron chi connectivity index (χ3n) is 9.05. The summed E-state index contributed by atoms with van der Waals surface area (Å²) in [7, 11) is 3.13. The van der Waals surface area contributed by atoms with Gasteiger partial charge >= 0.3 is 0 Å². The predicted molar refractivity (Wildman–Crippen MR) is 165 cm³/mol. The van der Waals surface area contributed by atoms with E-state index in [0.717, 1.165) is 81.9 Å². The maximum atomic E-state index is 10.7. The van der Waals surface area contributed by atoms with Crippen LogP contribution in [0.25, 0.3) is 10.9 Å². The summed E-state index contributed by atoms with van der Waals surface area (Å²) < 4.78 is 13.6. The first kappa shape index (κ1) is 27.3. The third-order valence-corrected chi connectivity index (χ3v) is 9.05. The number of ether oxygens (including phenoxy) is 1. The van der Waals surface area contributed by atoms with Crippen LogP contribution in [-0.4, -0.2) is 117 Å². The molecule has 0 saturated carbocycles. The van der Waals surface area contributed by atoms with Crippen LogP contribution in [-0.2, 0) is 16.0 Å². The van der Waals surface area contributed by atoms with Crippen LogP contribution in [0, 0.1) is 11.3 Å². The van der Waals surface area contributed by atoms with E-state index in [4.69, 9.17) is 11.1 Å². The fourth-order valence-corrected chi connectivity index (χ4v) is 6.86. The molecule has 42 heavy (non-hydrogen) atoms. The highest BCUT2D eigenvalue weighted by atomic mass is 16.5. The average molecular weight is 567 g/mol. The van der Waals surface area contributed by atoms with Crippen LogP contribution in [0.2, 0.25) is 0 Å². The van der Waals surface area contributed by atoms with Crippen molar-refractivity contribution in [3.8, 4) is 6.07 Å². The monoisotopic (exact) mass is 566 g/mol. The Morgan fingerprint density at radius 1 is 1.14 bits per heavy atom. The number of benzene rings is 1. The van der Waals surface area contributed by atoms with Crippen molar-refractivity contribution in [1.82, 2.24) is 25.0 Å². The summed E-state index contributed by atoms with van der Waals surface area (Å²) in [6.45, 7) is 9.72. The Hall–Kier alpha value is -3.56. The van der Waals surface area contributed by atoms with Crippen molar-refractivity contribution in [2.45, 2.75) is 37.6 Å². The van der Waals surface area contributed by atoms with E-state index in [9.17, 15) is 10.1 Å². The highest BCUT2D eigenvalue weighted by Crippen LogP contribution is 2.32. The normalized spacial score (nSPS) is 25.2. The second-order valence-electron chi connectivity index (χ2n) is 11.6. The largest absolute Gasteiger partial charge is 0.378 e. The van der Waals surface area contributed by atoms with Gasteiger partial charge < -0.3 is 29.5 Å². The molecular weight excluding hydrogens is 527 g/mol. The fourth-order valence-electron chi connectivity index (χ4n) is 6.86. The van der Waals surface area contributed by atoms with E-state index in [1.165, 1.54) is 13.0 Å². The summed E-state index contributed by atoms with van der Waals surface area (Å²) in [4.78, 5) is 29.7. The first-order valence-electron chi connectivity index (χ1n) is 15.3. The minimum atomic E-state index is -0.00169. The summed E-state index contributed by atoms with van der Waals surface area (Å²) >= 11 is 0. The maximum Gasteiger partial charge on any atom is 0.290 e. The maximum absolute atomic E-state index is 10.7. The molecule has 1 aromatic carbocycles. The summed E-state index contributed by atoms with van der Waals surface area (Å²) in [6, 6.07) is 14.9. The number of nitrogens with zero attached hydrogens (tertiary/aromatic N) is 7. The molecule has 0 unspecified atom stereocenters. The second kappa shape index (κ2) is 12.8. The van der Waals surface area contributed by atoms with Gasteiger partial charge in [-0.25, -0.2) is 4.98 Å². The predicted octanol–water partition coefficient (Wildman–Crippen LogP) is 1.54. The average Bonchev–Trinajstić information content (AvgIpc) is 3.45. The highest BCUT2D eigenvalue weighted by Gasteiger charge is 2.37. The molecule has 5 heterocycles. The highest BCUT2D eigenvalue weighted by molar-refractivity contribution is 6.64. The van der Waals surface area contributed by atoms with E-state index >= 15 is 0 Å². The molecule has 217 valence electrons. The second-order valence-corrected chi connectivity index (χ2v) is 11.6. The molecule has 2 aromatic heterocycles. The summed E-state index contributed by atoms with van der Waals surface area (Å²) in [5.74, 6) is 0.926. The number of fused-ring (bicyclic) bond motifs is 2. The van der Waals surface area contributed by atoms with Crippen LogP contribution >= 0.6 is 0 Å². The Kier molecular flexibility index (Phi) is 8.29. The number of anilines is 2. The van der Waals surface area contributed by atoms with Gasteiger partial charge in [-0.3, -0.25) is 9.88 Å². The van der Waals surface area contributed by atoms with E-state index < -0.39 is 0 Å². The van der Waals surface area contributed by atoms with Gasteiger partial charge in [-0.1, -0.05) is 6.07 Å². The van der Waals surface area contributed by atoms with Crippen molar-refractivity contribution in [1.29, 1.82) is 5.26 Å². The molecule has 1 N–H and O–H groups in total. The van der Waals surface area contributed by atoms with Gasteiger partial charge in [-0.2, -0.15) is 5.26 Å². The van der Waals surface area contributed by atoms with Gasteiger partial charge in [0.05, 0.1) is 24.7 Å². The standard InChI is InChI=1S/C31H38BN8O2/c1-22-16-38(28-7-6-24(14-33)31-26(28)4-3-10-34-31)18-25-17-37(12-13-40(22)25)11-9-23-5-8-30(35-15-23)39-19-27(36-32-21-41)29(20-39)42-2/h3-8,10,15,21-22,25,27,29,36H,9,11-13,16-20H2,1-2H3/t22-,25+,27-,29-/m1/s1/i10D. The number of carbonyl (C=O) groups is 1. The molecule has 0 amide bonds. The number of pyridine rings is 2. The minimum Gasteiger partial charge on any atom is -0.378 e. The van der Waals surface area contributed by atoms with E-state index in [1.54, 1.807) is 13.2 Å². The Morgan fingerprint density at radius 3 is 2.83 bits per heavy atom. The number of aromatic nitrogens is 2. The smallest absolute Gasteiger partial charge is 0.290 e. The van der Waals surface area contributed by atoms with E-state index in [-0.39, 0.29) is 18.3 Å². The van der Waals surface area contributed by atoms with Gasteiger partial charge in [0.25, 0.3) is 7.41 Å². The lowest BCUT2D eigenvalue weighted by molar-refractivity contribution is 0.0356. The third kappa shape index (κ3) is 5.85. The molecule has 11 heteroatoms. The Labute approximate surface area is 249 Å². The van der Waals surface area contributed by atoms with Gasteiger partial charge in [-0.15, -0.1) is 0 Å². The van der Waals surface area contributed by atoms with Crippen LogP contribution in [0.5, 0.6) is 0 Å². The van der Waals surface area contributed by atoms with Gasteiger partial charge in [0.15, 0.2) is 0 Å². The van der Waals surface area contributed by atoms with Crippen LogP contribution in [0.15, 0.2) is 48.8 Å². The quantitative estimate of drug-likeness (QED) is 0.303. The number of methoxy groups -OCH3 is 1. The summed E-state index contributed by atoms with van der Waals surface area (Å²) in [5.41, 5.74) is 3.44. The lowest BCUT2D eigenvalue weighted by Gasteiger charge is -2.51. The van der Waals surface area contributed by atoms with E-state index in [2.05, 4.69) is 54.9 Å². The molecule has 0 bridgehead atoms. The first-order chi connectivity index (χ1) is 21.0. The lowest BCUT2D eigenvalue weighted by Crippen LogP contribution is -2.65. The molecule has 6 rings (SSSR count). The lowest BCUT2D eigenvalue weighted by atomic mass is 9.96. The van der Waals surface area contributed by atoms with Crippen molar-refractivity contribution in [2.24, 2.45) is 0 Å². The number of nitrogens with one attached hydrogen (secondary N) is 1. The molecule has 3 saturated heterocycles. The first-order valence-corrected chi connectivity index (χ1v) is 14.8. The SMILES string of the molecule is [2H]c1ccc2c(N3C[C@@H]4CN(CCc5ccc(N6C[C@@H](N[B]C=O)[C@H](OC)C6)nc5)CCN4[C@H](C)C3)ccc(C#N)c2n1. The molecule has 10 nitrogen and oxygen atoms in total. The fraction of sp³-hybridized carbons (Fsp3) is 0.484. The van der Waals surface area contributed by atoms with Gasteiger partial charge in [0, 0.05) is 101 Å². The number of carbonyl (C=O) groups excluding carboxylic acids is 1. The van der Waals surface area contributed by atoms with Crippen molar-refractivity contribution >= 4 is 36.0 Å². The van der Waals surface area contributed by atoms with E-state index in [1.807, 2.05) is 24.4 Å². The molecule has 4 atom stereocenters. The van der Waals surface area contributed by atoms with E-state index in [0.29, 0.717) is 23.2 Å². The van der Waals surface area contributed by atoms with Gasteiger partial charge in [0.1, 0.15) is 11.9 Å². The number of hydrogen-bond acceptors (Lipinski definition) is 10. The van der Waals surface area contributed by atoms with Crippen LogP contribution in [0.4, 0.5) is 11.5 Å². The van der Waals surface area contributed by atoms with Crippen LogP contribution in [0.1, 0.15) is 19.4 Å². The molecule has 0 aliphatic carbocycles. The molecular formula is C31H38BN8O2. The molecule has 3 aliphatic rings. The van der Waals surface area contributed by atoms with Crippen molar-refractivity contribution < 1.29 is 10.9 Å². The van der Waals surface area contributed by atoms with Crippen molar-refractivity contribution in [3.05, 3.63) is 59.9 Å². The molecule has 1 radical (unpaired) electrons. The summed E-state index contributed by atoms with van der Waals surface area (Å²) in [5, 5.41) is 13.7. The molecule has 3 fully saturated rings. The van der Waals surface area contributed by atoms with Crippen LogP contribution < -0.4 is 15.0 Å². The summed E-state index contributed by atoms with van der Waals surface area (Å²) in [6.07, 6.45) is 3.87. The number of hydrogen-bond donors (Lipinski definition) is 1. The van der Waals surface area contributed by atoms with Crippen molar-refractivity contribution in [3.63, 3.8) is 0 Å². The van der Waals surface area contributed by atoms with Crippen LogP contribution in [0.3, 0.4) is 0 Å². The minimum absolute atomic E-state index is 0.00169. The Morgan fingerprint density at radius 2 is 2.05 bits per heavy atom. The molecule has 3 aromatic rings. The Bertz CT molecular complexity index is 1490. The number of nitriles is 1. The Balaban J connectivity index is 1.07.